The molecule has 0 spiro atoms. The fraction of sp³-hybridized carbons (Fsp3) is 0.500. The number of hydrogen-bond acceptors (Lipinski definition) is 3. The van der Waals surface area contributed by atoms with E-state index in [1.807, 2.05) is 26.0 Å². The zero-order valence-corrected chi connectivity index (χ0v) is 12.5. The lowest BCUT2D eigenvalue weighted by Crippen LogP contribution is -2.35. The fourth-order valence-electron chi connectivity index (χ4n) is 1.82. The van der Waals surface area contributed by atoms with Crippen molar-refractivity contribution in [3.8, 4) is 0 Å². The Morgan fingerprint density at radius 3 is 2.33 bits per heavy atom. The van der Waals surface area contributed by atoms with Crippen LogP contribution >= 0.6 is 6.49 Å². The van der Waals surface area contributed by atoms with Crippen molar-refractivity contribution in [2.75, 3.05) is 6.54 Å². The molecule has 0 aliphatic heterocycles. The fourth-order valence-corrected chi connectivity index (χ4v) is 3.13. The molecule has 102 valence electrons. The highest BCUT2D eigenvalue weighted by Crippen LogP contribution is 2.55. The SMILES string of the molecule is Cc1ccc(C(C)C)cc1C(O)(CN)P(O)(O)=S. The Bertz CT molecular complexity index is 486. The molecule has 0 saturated heterocycles. The molecule has 0 fully saturated rings. The summed E-state index contributed by atoms with van der Waals surface area (Å²) in [4.78, 5) is 19.4. The Morgan fingerprint density at radius 2 is 1.94 bits per heavy atom. The van der Waals surface area contributed by atoms with E-state index in [1.54, 1.807) is 13.0 Å². The number of rotatable bonds is 4. The van der Waals surface area contributed by atoms with E-state index < -0.39 is 11.8 Å². The van der Waals surface area contributed by atoms with Crippen molar-refractivity contribution in [3.05, 3.63) is 34.9 Å². The number of nitrogens with two attached hydrogens (primary N) is 1. The van der Waals surface area contributed by atoms with Crippen LogP contribution in [0.4, 0.5) is 0 Å². The monoisotopic (exact) mass is 289 g/mol. The third-order valence-corrected chi connectivity index (χ3v) is 5.42. The smallest absolute Gasteiger partial charge is 0.221 e. The molecule has 6 heteroatoms. The van der Waals surface area contributed by atoms with E-state index in [4.69, 9.17) is 5.73 Å². The lowest BCUT2D eigenvalue weighted by molar-refractivity contribution is 0.114. The zero-order valence-electron chi connectivity index (χ0n) is 10.8. The van der Waals surface area contributed by atoms with Gasteiger partial charge in [-0.3, -0.25) is 0 Å². The predicted octanol–water partition coefficient (Wildman–Crippen LogP) is 1.52. The second-order valence-electron chi connectivity index (χ2n) is 4.79. The summed E-state index contributed by atoms with van der Waals surface area (Å²) in [5, 5.41) is 8.49. The first kappa shape index (κ1) is 15.8. The molecule has 5 N–H and O–H groups in total. The number of aryl methyl sites for hydroxylation is 1. The highest BCUT2D eigenvalue weighted by atomic mass is 32.5. The number of hydrogen-bond donors (Lipinski definition) is 4. The summed E-state index contributed by atoms with van der Waals surface area (Å²) in [5.41, 5.74) is 7.65. The maximum Gasteiger partial charge on any atom is 0.221 e. The quantitative estimate of drug-likeness (QED) is 0.631. The molecule has 0 aliphatic carbocycles. The van der Waals surface area contributed by atoms with Crippen LogP contribution in [0, 0.1) is 6.92 Å². The molecular formula is C12H20NO3PS. The molecule has 1 unspecified atom stereocenters. The third kappa shape index (κ3) is 2.82. The molecule has 4 nitrogen and oxygen atoms in total. The van der Waals surface area contributed by atoms with E-state index in [2.05, 4.69) is 11.8 Å². The van der Waals surface area contributed by atoms with Crippen LogP contribution in [0.1, 0.15) is 36.5 Å². The van der Waals surface area contributed by atoms with Crippen LogP contribution in [0.2, 0.25) is 0 Å². The van der Waals surface area contributed by atoms with Gasteiger partial charge in [0.2, 0.25) is 6.49 Å². The van der Waals surface area contributed by atoms with Gasteiger partial charge in [0.25, 0.3) is 0 Å². The molecule has 18 heavy (non-hydrogen) atoms. The third-order valence-electron chi connectivity index (χ3n) is 3.13. The van der Waals surface area contributed by atoms with Crippen molar-refractivity contribution in [3.63, 3.8) is 0 Å². The van der Waals surface area contributed by atoms with Gasteiger partial charge in [-0.2, -0.15) is 0 Å². The molecule has 1 aromatic carbocycles. The summed E-state index contributed by atoms with van der Waals surface area (Å²) in [5.74, 6) is 0.265. The van der Waals surface area contributed by atoms with Gasteiger partial charge in [0.05, 0.1) is 0 Å². The van der Waals surface area contributed by atoms with Crippen LogP contribution in [0.5, 0.6) is 0 Å². The minimum atomic E-state index is -3.92. The molecule has 0 bridgehead atoms. The van der Waals surface area contributed by atoms with Crippen molar-refractivity contribution < 1.29 is 14.9 Å². The first-order valence-corrected chi connectivity index (χ1v) is 8.43. The maximum absolute atomic E-state index is 10.4. The molecule has 0 heterocycles. The molecule has 1 aromatic rings. The van der Waals surface area contributed by atoms with Gasteiger partial charge in [0.15, 0.2) is 5.34 Å². The van der Waals surface area contributed by atoms with Crippen LogP contribution in [0.3, 0.4) is 0 Å². The largest absolute Gasteiger partial charge is 0.374 e. The van der Waals surface area contributed by atoms with Crippen LogP contribution < -0.4 is 5.73 Å². The van der Waals surface area contributed by atoms with Crippen LogP contribution in [-0.4, -0.2) is 21.4 Å². The summed E-state index contributed by atoms with van der Waals surface area (Å²) < 4.78 is 0. The van der Waals surface area contributed by atoms with Crippen LogP contribution in [-0.2, 0) is 17.1 Å². The Labute approximate surface area is 113 Å². The van der Waals surface area contributed by atoms with Gasteiger partial charge in [-0.25, -0.2) is 0 Å². The summed E-state index contributed by atoms with van der Waals surface area (Å²) in [7, 11) is 0. The maximum atomic E-state index is 10.4. The molecule has 1 rings (SSSR count). The van der Waals surface area contributed by atoms with E-state index in [0.29, 0.717) is 5.56 Å². The Morgan fingerprint density at radius 1 is 1.39 bits per heavy atom. The zero-order chi connectivity index (χ0) is 14.1. The molecule has 1 atom stereocenters. The first-order chi connectivity index (χ1) is 8.13. The van der Waals surface area contributed by atoms with Crippen molar-refractivity contribution >= 4 is 18.3 Å². The molecule has 0 radical (unpaired) electrons. The van der Waals surface area contributed by atoms with E-state index in [-0.39, 0.29) is 12.5 Å². The number of aliphatic hydroxyl groups is 1. The number of benzene rings is 1. The average molecular weight is 289 g/mol. The minimum absolute atomic E-state index is 0.265. The molecule has 0 saturated carbocycles. The van der Waals surface area contributed by atoms with Crippen molar-refractivity contribution in [1.82, 2.24) is 0 Å². The minimum Gasteiger partial charge on any atom is -0.374 e. The Kier molecular flexibility index (Phi) is 4.70. The topological polar surface area (TPSA) is 86.7 Å². The Hall–Kier alpha value is -0.290. The highest BCUT2D eigenvalue weighted by Gasteiger charge is 2.42. The highest BCUT2D eigenvalue weighted by molar-refractivity contribution is 8.09. The summed E-state index contributed by atoms with van der Waals surface area (Å²) in [6.45, 7) is 1.58. The standard InChI is InChI=1S/C12H20NO3PS/c1-8(2)10-5-4-9(3)11(6-10)12(14,7-13)17(15,16)18/h4-6,8,14H,7,13H2,1-3H3,(H2,15,16,18). The van der Waals surface area contributed by atoms with Crippen molar-refractivity contribution in [2.24, 2.45) is 5.73 Å². The van der Waals surface area contributed by atoms with Crippen molar-refractivity contribution in [1.29, 1.82) is 0 Å². The van der Waals surface area contributed by atoms with Gasteiger partial charge in [-0.1, -0.05) is 32.0 Å². The normalized spacial score (nSPS) is 15.8. The van der Waals surface area contributed by atoms with Gasteiger partial charge in [-0.15, -0.1) is 0 Å². The lowest BCUT2D eigenvalue weighted by Gasteiger charge is -2.32. The second kappa shape index (κ2) is 5.37. The van der Waals surface area contributed by atoms with Crippen LogP contribution in [0.15, 0.2) is 18.2 Å². The van der Waals surface area contributed by atoms with Crippen molar-refractivity contribution in [2.45, 2.75) is 32.0 Å². The summed E-state index contributed by atoms with van der Waals surface area (Å²) >= 11 is 4.66. The van der Waals surface area contributed by atoms with E-state index in [9.17, 15) is 14.9 Å². The molecular weight excluding hydrogens is 269 g/mol. The van der Waals surface area contributed by atoms with Gasteiger partial charge >= 0.3 is 0 Å². The van der Waals surface area contributed by atoms with E-state index >= 15 is 0 Å². The van der Waals surface area contributed by atoms with Gasteiger partial charge in [0, 0.05) is 6.54 Å². The summed E-state index contributed by atoms with van der Waals surface area (Å²) in [6, 6.07) is 5.52. The molecule has 0 amide bonds. The molecule has 0 aliphatic rings. The van der Waals surface area contributed by atoms with Crippen LogP contribution in [0.25, 0.3) is 0 Å². The van der Waals surface area contributed by atoms with Gasteiger partial charge in [0.1, 0.15) is 0 Å². The predicted molar refractivity (Wildman–Crippen MR) is 76.9 cm³/mol. The summed E-state index contributed by atoms with van der Waals surface area (Å²) in [6.07, 6.45) is 0. The molecule has 0 aromatic heterocycles. The van der Waals surface area contributed by atoms with E-state index in [0.717, 1.165) is 11.1 Å². The van der Waals surface area contributed by atoms with Gasteiger partial charge < -0.3 is 20.6 Å². The lowest BCUT2D eigenvalue weighted by atomic mass is 9.95. The average Bonchev–Trinajstić information content (AvgIpc) is 2.26. The van der Waals surface area contributed by atoms with E-state index in [1.165, 1.54) is 0 Å². The van der Waals surface area contributed by atoms with Gasteiger partial charge in [-0.05, 0) is 41.3 Å². The Balaban J connectivity index is 3.47. The first-order valence-electron chi connectivity index (χ1n) is 5.72. The second-order valence-corrected chi connectivity index (χ2v) is 8.15.